The summed E-state index contributed by atoms with van der Waals surface area (Å²) in [7, 11) is 0. The fourth-order valence-electron chi connectivity index (χ4n) is 2.44. The smallest absolute Gasteiger partial charge is 0.253 e. The zero-order valence-electron chi connectivity index (χ0n) is 15.0. The average Bonchev–Trinajstić information content (AvgIpc) is 3.01. The summed E-state index contributed by atoms with van der Waals surface area (Å²) in [6.45, 7) is 7.39. The van der Waals surface area contributed by atoms with Crippen molar-refractivity contribution in [2.45, 2.75) is 32.9 Å². The summed E-state index contributed by atoms with van der Waals surface area (Å²) in [4.78, 5) is 32.4. The first-order valence-corrected chi connectivity index (χ1v) is 9.08. The molecule has 0 atom stereocenters. The summed E-state index contributed by atoms with van der Waals surface area (Å²) in [6, 6.07) is 6.86. The third-order valence-electron chi connectivity index (χ3n) is 4.13. The van der Waals surface area contributed by atoms with Crippen LogP contribution in [0.3, 0.4) is 0 Å². The van der Waals surface area contributed by atoms with Gasteiger partial charge in [-0.3, -0.25) is 9.59 Å². The lowest BCUT2D eigenvalue weighted by Crippen LogP contribution is -2.14. The highest BCUT2D eigenvalue weighted by atomic mass is 32.2. The van der Waals surface area contributed by atoms with Gasteiger partial charge in [0, 0.05) is 22.6 Å². The summed E-state index contributed by atoms with van der Waals surface area (Å²) >= 11 is 1.24. The van der Waals surface area contributed by atoms with E-state index in [1.807, 2.05) is 20.8 Å². The largest absolute Gasteiger partial charge is 0.325 e. The number of fused-ring (bicyclic) bond motifs is 1. The molecule has 0 aliphatic heterocycles. The zero-order valence-corrected chi connectivity index (χ0v) is 15.8. The average molecular weight is 369 g/mol. The predicted octanol–water partition coefficient (Wildman–Crippen LogP) is 2.98. The minimum absolute atomic E-state index is 0.0437. The number of amides is 1. The van der Waals surface area contributed by atoms with Crippen LogP contribution in [0, 0.1) is 20.8 Å². The van der Waals surface area contributed by atoms with Gasteiger partial charge in [-0.1, -0.05) is 23.9 Å². The molecule has 0 fully saturated rings. The Bertz CT molecular complexity index is 1010. The van der Waals surface area contributed by atoms with Crippen LogP contribution in [0.2, 0.25) is 0 Å². The lowest BCUT2D eigenvalue weighted by Gasteiger charge is -2.05. The van der Waals surface area contributed by atoms with Gasteiger partial charge in [-0.05, 0) is 45.4 Å². The lowest BCUT2D eigenvalue weighted by atomic mass is 10.1. The Balaban J connectivity index is 1.68. The van der Waals surface area contributed by atoms with Gasteiger partial charge in [0.2, 0.25) is 11.1 Å². The van der Waals surface area contributed by atoms with Crippen molar-refractivity contribution in [2.24, 2.45) is 0 Å². The molecule has 0 radical (unpaired) electrons. The van der Waals surface area contributed by atoms with Gasteiger partial charge in [0.1, 0.15) is 0 Å². The van der Waals surface area contributed by atoms with E-state index in [1.54, 1.807) is 28.8 Å². The summed E-state index contributed by atoms with van der Waals surface area (Å²) < 4.78 is 1.69. The molecule has 1 N–H and O–H groups in total. The van der Waals surface area contributed by atoms with Gasteiger partial charge < -0.3 is 5.32 Å². The number of hydrogen-bond donors (Lipinski definition) is 1. The highest BCUT2D eigenvalue weighted by Crippen LogP contribution is 2.18. The van der Waals surface area contributed by atoms with Crippen molar-refractivity contribution in [2.75, 3.05) is 11.1 Å². The number of rotatable bonds is 5. The number of carbonyl (C=O) groups is 2. The van der Waals surface area contributed by atoms with Gasteiger partial charge in [-0.15, -0.1) is 5.10 Å². The van der Waals surface area contributed by atoms with Crippen LogP contribution in [0.15, 0.2) is 29.4 Å². The number of Topliss-reactive ketones (excluding diaryl/α,β-unsaturated/α-hetero) is 1. The van der Waals surface area contributed by atoms with Gasteiger partial charge in [0.05, 0.1) is 5.75 Å². The molecule has 134 valence electrons. The van der Waals surface area contributed by atoms with E-state index in [2.05, 4.69) is 20.4 Å². The monoisotopic (exact) mass is 369 g/mol. The zero-order chi connectivity index (χ0) is 18.8. The number of aryl methyl sites for hydroxylation is 2. The number of nitrogens with zero attached hydrogens (tertiary/aromatic N) is 4. The van der Waals surface area contributed by atoms with Crippen molar-refractivity contribution in [3.8, 4) is 0 Å². The number of aromatic nitrogens is 4. The molecule has 0 aliphatic carbocycles. The van der Waals surface area contributed by atoms with Crippen molar-refractivity contribution in [1.29, 1.82) is 0 Å². The van der Waals surface area contributed by atoms with Crippen molar-refractivity contribution in [1.82, 2.24) is 19.6 Å². The lowest BCUT2D eigenvalue weighted by molar-refractivity contribution is -0.113. The number of benzene rings is 1. The fourth-order valence-corrected chi connectivity index (χ4v) is 3.06. The Morgan fingerprint density at radius 2 is 1.96 bits per heavy atom. The second-order valence-electron chi connectivity index (χ2n) is 5.99. The van der Waals surface area contributed by atoms with E-state index >= 15 is 0 Å². The molecular weight excluding hydrogens is 350 g/mol. The van der Waals surface area contributed by atoms with E-state index < -0.39 is 0 Å². The Morgan fingerprint density at radius 1 is 1.19 bits per heavy atom. The number of hydrogen-bond acceptors (Lipinski definition) is 6. The van der Waals surface area contributed by atoms with Gasteiger partial charge in [-0.2, -0.15) is 4.98 Å². The van der Waals surface area contributed by atoms with E-state index in [1.165, 1.54) is 18.7 Å². The van der Waals surface area contributed by atoms with E-state index in [-0.39, 0.29) is 17.4 Å². The first kappa shape index (κ1) is 18.1. The molecule has 0 spiro atoms. The number of ketones is 1. The Kier molecular flexibility index (Phi) is 5.03. The molecule has 0 aliphatic rings. The summed E-state index contributed by atoms with van der Waals surface area (Å²) in [6.07, 6.45) is 0. The molecule has 3 rings (SSSR count). The molecule has 8 heteroatoms. The predicted molar refractivity (Wildman–Crippen MR) is 101 cm³/mol. The fraction of sp³-hybridized carbons (Fsp3) is 0.278. The topological polar surface area (TPSA) is 89.2 Å². The number of carbonyl (C=O) groups excluding carboxylic acids is 2. The van der Waals surface area contributed by atoms with Gasteiger partial charge in [0.25, 0.3) is 5.78 Å². The maximum absolute atomic E-state index is 12.2. The van der Waals surface area contributed by atoms with Gasteiger partial charge in [-0.25, -0.2) is 9.50 Å². The molecule has 0 bridgehead atoms. The van der Waals surface area contributed by atoms with E-state index in [9.17, 15) is 9.59 Å². The maximum atomic E-state index is 12.2. The summed E-state index contributed by atoms with van der Waals surface area (Å²) in [5, 5.41) is 7.69. The molecule has 1 aromatic carbocycles. The minimum atomic E-state index is -0.188. The molecule has 0 saturated heterocycles. The molecule has 2 aromatic heterocycles. The Labute approximate surface area is 155 Å². The van der Waals surface area contributed by atoms with Crippen LogP contribution in [0.1, 0.15) is 34.2 Å². The normalized spacial score (nSPS) is 10.9. The van der Waals surface area contributed by atoms with Crippen molar-refractivity contribution >= 4 is 34.9 Å². The molecule has 7 nitrogen and oxygen atoms in total. The molecule has 1 amide bonds. The van der Waals surface area contributed by atoms with Crippen LogP contribution >= 0.6 is 11.8 Å². The third kappa shape index (κ3) is 3.75. The van der Waals surface area contributed by atoms with Crippen LogP contribution in [0.5, 0.6) is 0 Å². The van der Waals surface area contributed by atoms with Crippen molar-refractivity contribution < 1.29 is 9.59 Å². The number of nitrogens with one attached hydrogen (secondary N) is 1. The highest BCUT2D eigenvalue weighted by Gasteiger charge is 2.13. The quantitative estimate of drug-likeness (QED) is 0.549. The third-order valence-corrected chi connectivity index (χ3v) is 4.96. The molecule has 3 aromatic rings. The van der Waals surface area contributed by atoms with Gasteiger partial charge in [0.15, 0.2) is 5.78 Å². The van der Waals surface area contributed by atoms with Crippen LogP contribution in [-0.4, -0.2) is 37.0 Å². The molecular formula is C18H19N5O2S. The maximum Gasteiger partial charge on any atom is 0.253 e. The Hall–Kier alpha value is -2.74. The van der Waals surface area contributed by atoms with Crippen LogP contribution < -0.4 is 5.32 Å². The SMILES string of the molecule is CC(=O)c1cccc(NC(=O)CSc2nc3nc(C)c(C)c(C)n3n2)c1. The number of anilines is 1. The first-order chi connectivity index (χ1) is 12.3. The van der Waals surface area contributed by atoms with E-state index in [4.69, 9.17) is 0 Å². The standard InChI is InChI=1S/C18H19N5O2S/c1-10-11(2)19-17-21-18(22-23(17)12(10)3)26-9-16(25)20-15-7-5-6-14(8-15)13(4)24/h5-8H,9H2,1-4H3,(H,20,25). The van der Waals surface area contributed by atoms with Crippen molar-refractivity contribution in [3.05, 3.63) is 46.8 Å². The first-order valence-electron chi connectivity index (χ1n) is 8.09. The second kappa shape index (κ2) is 7.25. The van der Waals surface area contributed by atoms with Crippen LogP contribution in [-0.2, 0) is 4.79 Å². The minimum Gasteiger partial charge on any atom is -0.325 e. The van der Waals surface area contributed by atoms with Gasteiger partial charge >= 0.3 is 0 Å². The van der Waals surface area contributed by atoms with Crippen LogP contribution in [0.25, 0.3) is 5.78 Å². The molecule has 26 heavy (non-hydrogen) atoms. The number of thioether (sulfide) groups is 1. The second-order valence-corrected chi connectivity index (χ2v) is 6.93. The highest BCUT2D eigenvalue weighted by molar-refractivity contribution is 7.99. The molecule has 2 heterocycles. The summed E-state index contributed by atoms with van der Waals surface area (Å²) in [5.41, 5.74) is 4.13. The molecule has 0 saturated carbocycles. The van der Waals surface area contributed by atoms with Crippen LogP contribution in [0.4, 0.5) is 5.69 Å². The summed E-state index contributed by atoms with van der Waals surface area (Å²) in [5.74, 6) is 0.463. The Morgan fingerprint density at radius 3 is 2.69 bits per heavy atom. The van der Waals surface area contributed by atoms with Crippen molar-refractivity contribution in [3.63, 3.8) is 0 Å². The molecule has 0 unspecified atom stereocenters. The van der Waals surface area contributed by atoms with E-state index in [0.717, 1.165) is 17.0 Å². The van der Waals surface area contributed by atoms with E-state index in [0.29, 0.717) is 22.2 Å².